The van der Waals surface area contributed by atoms with Crippen molar-refractivity contribution in [3.05, 3.63) is 42.6 Å². The summed E-state index contributed by atoms with van der Waals surface area (Å²) in [5.41, 5.74) is 0.877. The number of anilines is 1. The lowest BCUT2D eigenvalue weighted by atomic mass is 9.93. The maximum Gasteiger partial charge on any atom is 0.227 e. The Bertz CT molecular complexity index is 825. The lowest BCUT2D eigenvalue weighted by molar-refractivity contribution is -0.116. The number of nitrogens with zero attached hydrogens (tertiary/aromatic N) is 5. The van der Waals surface area contributed by atoms with E-state index in [0.717, 1.165) is 37.7 Å². The number of imidazole rings is 1. The number of halogens is 1. The van der Waals surface area contributed by atoms with Crippen LogP contribution in [0.15, 0.2) is 41.9 Å². The number of aryl methyl sites for hydroxylation is 1. The van der Waals surface area contributed by atoms with Crippen LogP contribution in [0.2, 0.25) is 0 Å². The quantitative estimate of drug-likeness (QED) is 0.344. The number of piperidine rings is 1. The fourth-order valence-electron chi connectivity index (χ4n) is 3.60. The predicted octanol–water partition coefficient (Wildman–Crippen LogP) is 3.08. The van der Waals surface area contributed by atoms with Crippen molar-refractivity contribution in [1.29, 1.82) is 0 Å². The minimum atomic E-state index is -0.0775. The molecule has 2 atom stereocenters. The molecule has 8 nitrogen and oxygen atoms in total. The van der Waals surface area contributed by atoms with E-state index in [4.69, 9.17) is 4.99 Å². The van der Waals surface area contributed by atoms with E-state index in [1.165, 1.54) is 0 Å². The van der Waals surface area contributed by atoms with Crippen molar-refractivity contribution in [2.24, 2.45) is 10.9 Å². The van der Waals surface area contributed by atoms with Crippen molar-refractivity contribution in [1.82, 2.24) is 24.8 Å². The number of aromatic nitrogens is 3. The van der Waals surface area contributed by atoms with Crippen molar-refractivity contribution in [2.45, 2.75) is 39.7 Å². The van der Waals surface area contributed by atoms with Gasteiger partial charge in [0, 0.05) is 44.1 Å². The number of nitrogens with one attached hydrogen (secondary N) is 2. The van der Waals surface area contributed by atoms with Crippen LogP contribution in [0.1, 0.15) is 38.4 Å². The zero-order valence-corrected chi connectivity index (χ0v) is 20.2. The second kappa shape index (κ2) is 11.9. The van der Waals surface area contributed by atoms with Gasteiger partial charge in [0.1, 0.15) is 5.82 Å². The van der Waals surface area contributed by atoms with Crippen LogP contribution in [0.3, 0.4) is 0 Å². The molecule has 3 rings (SSSR count). The highest BCUT2D eigenvalue weighted by Gasteiger charge is 2.28. The van der Waals surface area contributed by atoms with Gasteiger partial charge in [-0.2, -0.15) is 0 Å². The number of guanidine groups is 1. The fraction of sp³-hybridized carbons (Fsp3) is 0.524. The number of rotatable bonds is 6. The van der Waals surface area contributed by atoms with Gasteiger partial charge in [-0.15, -0.1) is 24.0 Å². The maximum atomic E-state index is 12.2. The van der Waals surface area contributed by atoms with Gasteiger partial charge in [-0.1, -0.05) is 13.0 Å². The van der Waals surface area contributed by atoms with Crippen LogP contribution in [0.4, 0.5) is 5.82 Å². The Morgan fingerprint density at radius 1 is 1.37 bits per heavy atom. The molecule has 0 bridgehead atoms. The maximum absolute atomic E-state index is 12.2. The zero-order chi connectivity index (χ0) is 20.6. The Kier molecular flexibility index (Phi) is 9.54. The van der Waals surface area contributed by atoms with Gasteiger partial charge in [0.25, 0.3) is 0 Å². The van der Waals surface area contributed by atoms with Crippen molar-refractivity contribution in [2.75, 3.05) is 31.5 Å². The van der Waals surface area contributed by atoms with E-state index in [1.54, 1.807) is 6.07 Å². The summed E-state index contributed by atoms with van der Waals surface area (Å²) in [4.78, 5) is 27.7. The summed E-state index contributed by atoms with van der Waals surface area (Å²) in [5, 5.41) is 6.21. The molecule has 1 aliphatic heterocycles. The molecule has 1 amide bonds. The van der Waals surface area contributed by atoms with E-state index in [9.17, 15) is 4.79 Å². The van der Waals surface area contributed by atoms with E-state index in [-0.39, 0.29) is 29.9 Å². The smallest absolute Gasteiger partial charge is 0.227 e. The lowest BCUT2D eigenvalue weighted by Crippen LogP contribution is -2.49. The number of likely N-dealkylation sites (tertiary alicyclic amines) is 1. The Balaban J connectivity index is 0.00000320. The van der Waals surface area contributed by atoms with E-state index < -0.39 is 0 Å². The predicted molar refractivity (Wildman–Crippen MR) is 130 cm³/mol. The number of hydrogen-bond donors (Lipinski definition) is 2. The highest BCUT2D eigenvalue weighted by molar-refractivity contribution is 14.0. The van der Waals surface area contributed by atoms with Gasteiger partial charge >= 0.3 is 0 Å². The van der Waals surface area contributed by atoms with Crippen LogP contribution in [0, 0.1) is 12.8 Å². The first-order valence-corrected chi connectivity index (χ1v) is 10.3. The number of aliphatic imine (C=N–C) groups is 1. The molecule has 1 aliphatic rings. The molecular formula is C21H32IN7O. The van der Waals surface area contributed by atoms with Crippen LogP contribution >= 0.6 is 24.0 Å². The minimum Gasteiger partial charge on any atom is -0.357 e. The molecule has 0 radical (unpaired) electrons. The first-order valence-electron chi connectivity index (χ1n) is 10.3. The fourth-order valence-corrected chi connectivity index (χ4v) is 3.60. The molecule has 2 unspecified atom stereocenters. The topological polar surface area (TPSA) is 87.4 Å². The zero-order valence-electron chi connectivity index (χ0n) is 17.9. The molecule has 1 saturated heterocycles. The molecule has 3 heterocycles. The van der Waals surface area contributed by atoms with Gasteiger partial charge in [0.05, 0.1) is 18.9 Å². The monoisotopic (exact) mass is 525 g/mol. The molecule has 0 aliphatic carbocycles. The summed E-state index contributed by atoms with van der Waals surface area (Å²) in [6.45, 7) is 9.31. The van der Waals surface area contributed by atoms with Gasteiger partial charge in [-0.25, -0.2) is 9.97 Å². The van der Waals surface area contributed by atoms with Gasteiger partial charge in [-0.05, 0) is 38.3 Å². The van der Waals surface area contributed by atoms with Crippen molar-refractivity contribution in [3.8, 4) is 0 Å². The highest BCUT2D eigenvalue weighted by Crippen LogP contribution is 2.27. The third kappa shape index (κ3) is 6.68. The number of hydrogen-bond acceptors (Lipinski definition) is 4. The van der Waals surface area contributed by atoms with Gasteiger partial charge in [-0.3, -0.25) is 9.79 Å². The van der Waals surface area contributed by atoms with Crippen molar-refractivity contribution in [3.63, 3.8) is 0 Å². The summed E-state index contributed by atoms with van der Waals surface area (Å²) >= 11 is 0. The van der Waals surface area contributed by atoms with Crippen LogP contribution in [-0.4, -0.2) is 57.5 Å². The molecule has 2 aromatic heterocycles. The van der Waals surface area contributed by atoms with Gasteiger partial charge in [0.15, 0.2) is 5.96 Å². The van der Waals surface area contributed by atoms with E-state index >= 15 is 0 Å². The van der Waals surface area contributed by atoms with Gasteiger partial charge < -0.3 is 20.1 Å². The standard InChI is InChI=1S/C21H31N7O.HI/c1-4-23-21(24-10-8-20(29)26-19-7-5-6-17(3)25-19)27-12-9-16(2)18(14-27)28-13-11-22-15-28;/h5-7,11,13,15-16,18H,4,8-10,12,14H2,1-3H3,(H,23,24)(H,25,26,29);1H. The minimum absolute atomic E-state index is 0. The number of pyridine rings is 1. The second-order valence-electron chi connectivity index (χ2n) is 7.49. The summed E-state index contributed by atoms with van der Waals surface area (Å²) in [7, 11) is 0. The SMILES string of the molecule is CCNC(=NCCC(=O)Nc1cccc(C)n1)N1CCC(C)C(n2ccnc2)C1.I. The number of carbonyl (C=O) groups excluding carboxylic acids is 1. The average Bonchev–Trinajstić information content (AvgIpc) is 3.22. The number of amides is 1. The van der Waals surface area contributed by atoms with Crippen molar-refractivity contribution < 1.29 is 4.79 Å². The average molecular weight is 525 g/mol. The normalized spacial score (nSPS) is 19.2. The molecule has 0 aromatic carbocycles. The summed E-state index contributed by atoms with van der Waals surface area (Å²) in [5.74, 6) is 1.95. The van der Waals surface area contributed by atoms with Crippen LogP contribution < -0.4 is 10.6 Å². The second-order valence-corrected chi connectivity index (χ2v) is 7.49. The molecule has 2 N–H and O–H groups in total. The molecule has 1 fully saturated rings. The summed E-state index contributed by atoms with van der Waals surface area (Å²) in [6, 6.07) is 5.95. The molecule has 2 aromatic rings. The third-order valence-electron chi connectivity index (χ3n) is 5.22. The Labute approximate surface area is 195 Å². The molecule has 30 heavy (non-hydrogen) atoms. The Hall–Kier alpha value is -2.17. The van der Waals surface area contributed by atoms with Crippen LogP contribution in [0.5, 0.6) is 0 Å². The largest absolute Gasteiger partial charge is 0.357 e. The highest BCUT2D eigenvalue weighted by atomic mass is 127. The Morgan fingerprint density at radius 2 is 2.20 bits per heavy atom. The molecule has 164 valence electrons. The molecular weight excluding hydrogens is 493 g/mol. The molecule has 0 saturated carbocycles. The van der Waals surface area contributed by atoms with E-state index in [0.29, 0.717) is 30.7 Å². The van der Waals surface area contributed by atoms with Gasteiger partial charge in [0.2, 0.25) is 5.91 Å². The molecule has 9 heteroatoms. The van der Waals surface area contributed by atoms with E-state index in [1.807, 2.05) is 37.8 Å². The number of carbonyl (C=O) groups is 1. The third-order valence-corrected chi connectivity index (χ3v) is 5.22. The Morgan fingerprint density at radius 3 is 2.90 bits per heavy atom. The van der Waals surface area contributed by atoms with Crippen molar-refractivity contribution >= 4 is 41.7 Å². The summed E-state index contributed by atoms with van der Waals surface area (Å²) < 4.78 is 2.18. The first-order chi connectivity index (χ1) is 14.1. The van der Waals surface area contributed by atoms with Crippen LogP contribution in [-0.2, 0) is 4.79 Å². The summed E-state index contributed by atoms with van der Waals surface area (Å²) in [6.07, 6.45) is 7.15. The molecule has 0 spiro atoms. The first kappa shape index (κ1) is 24.1. The van der Waals surface area contributed by atoms with Crippen LogP contribution in [0.25, 0.3) is 0 Å². The lowest BCUT2D eigenvalue weighted by Gasteiger charge is -2.39. The van der Waals surface area contributed by atoms with E-state index in [2.05, 4.69) is 43.9 Å².